The van der Waals surface area contributed by atoms with Crippen LogP contribution in [0.15, 0.2) is 36.4 Å². The van der Waals surface area contributed by atoms with Gasteiger partial charge in [0.1, 0.15) is 5.75 Å². The van der Waals surface area contributed by atoms with Crippen LogP contribution in [0.2, 0.25) is 5.02 Å². The quantitative estimate of drug-likeness (QED) is 0.462. The van der Waals surface area contributed by atoms with Crippen molar-refractivity contribution in [1.29, 1.82) is 0 Å². The van der Waals surface area contributed by atoms with Crippen molar-refractivity contribution < 1.29 is 23.9 Å². The van der Waals surface area contributed by atoms with E-state index in [4.69, 9.17) is 16.3 Å². The number of ether oxygens (including phenoxy) is 2. The van der Waals surface area contributed by atoms with Gasteiger partial charge in [-0.25, -0.2) is 4.79 Å². The zero-order chi connectivity index (χ0) is 16.4. The summed E-state index contributed by atoms with van der Waals surface area (Å²) in [5, 5.41) is 0.552. The molecule has 0 aliphatic rings. The number of halogens is 1. The Balaban J connectivity index is 2.21. The van der Waals surface area contributed by atoms with Gasteiger partial charge < -0.3 is 9.47 Å². The van der Waals surface area contributed by atoms with Gasteiger partial charge in [-0.05, 0) is 31.2 Å². The van der Waals surface area contributed by atoms with Crippen LogP contribution in [0, 0.1) is 0 Å². The lowest BCUT2D eigenvalue weighted by Gasteiger charge is -2.08. The first-order valence-corrected chi connectivity index (χ1v) is 6.64. The fourth-order valence-corrected chi connectivity index (χ4v) is 1.34. The van der Waals surface area contributed by atoms with Crippen LogP contribution in [0.1, 0.15) is 6.92 Å². The molecule has 1 aromatic carbocycles. The number of esters is 1. The molecule has 2 N–H and O–H groups in total. The summed E-state index contributed by atoms with van der Waals surface area (Å²) in [6.07, 6.45) is 2.65. The zero-order valence-corrected chi connectivity index (χ0v) is 12.6. The first-order chi connectivity index (χ1) is 10.5. The number of amides is 2. The van der Waals surface area contributed by atoms with Crippen LogP contribution in [-0.4, -0.2) is 31.0 Å². The Morgan fingerprint density at radius 1 is 1.09 bits per heavy atom. The van der Waals surface area contributed by atoms with Crippen molar-refractivity contribution >= 4 is 29.4 Å². The van der Waals surface area contributed by atoms with E-state index in [2.05, 4.69) is 15.6 Å². The minimum Gasteiger partial charge on any atom is -0.484 e. The first-order valence-electron chi connectivity index (χ1n) is 6.26. The van der Waals surface area contributed by atoms with Gasteiger partial charge in [-0.3, -0.25) is 20.4 Å². The molecule has 0 spiro atoms. The van der Waals surface area contributed by atoms with Crippen LogP contribution in [0.5, 0.6) is 5.75 Å². The van der Waals surface area contributed by atoms with Gasteiger partial charge >= 0.3 is 5.97 Å². The van der Waals surface area contributed by atoms with Crippen molar-refractivity contribution in [2.24, 2.45) is 0 Å². The lowest BCUT2D eigenvalue weighted by Crippen LogP contribution is -2.45. The van der Waals surface area contributed by atoms with Crippen LogP contribution in [0.3, 0.4) is 0 Å². The van der Waals surface area contributed by atoms with E-state index < -0.39 is 24.4 Å². The van der Waals surface area contributed by atoms with E-state index in [1.54, 1.807) is 31.2 Å². The van der Waals surface area contributed by atoms with Gasteiger partial charge in [0, 0.05) is 11.1 Å². The van der Waals surface area contributed by atoms with Gasteiger partial charge in [0.15, 0.2) is 13.2 Å². The molecular weight excluding hydrogens is 312 g/mol. The second kappa shape index (κ2) is 9.41. The molecule has 0 fully saturated rings. The largest absolute Gasteiger partial charge is 0.484 e. The van der Waals surface area contributed by atoms with Crippen molar-refractivity contribution in [2.75, 3.05) is 13.2 Å². The zero-order valence-electron chi connectivity index (χ0n) is 11.8. The fraction of sp³-hybridized carbons (Fsp3) is 0.214. The molecule has 118 valence electrons. The Hall–Kier alpha value is -2.54. The maximum absolute atomic E-state index is 11.4. The third-order valence-corrected chi connectivity index (χ3v) is 2.43. The second-order valence-electron chi connectivity index (χ2n) is 3.95. The number of carbonyl (C=O) groups is 3. The minimum absolute atomic E-state index is 0.291. The lowest BCUT2D eigenvalue weighted by molar-refractivity contribution is -0.144. The molecule has 2 amide bonds. The van der Waals surface area contributed by atoms with Crippen molar-refractivity contribution in [2.45, 2.75) is 6.92 Å². The second-order valence-corrected chi connectivity index (χ2v) is 4.38. The summed E-state index contributed by atoms with van der Waals surface area (Å²) in [6.45, 7) is 0.851. The summed E-state index contributed by atoms with van der Waals surface area (Å²) in [5.74, 6) is -1.41. The lowest BCUT2D eigenvalue weighted by atomic mass is 10.3. The SMILES string of the molecule is C/C=C/C(=O)OCC(=O)NNC(=O)COc1ccc(Cl)cc1. The van der Waals surface area contributed by atoms with Gasteiger partial charge in [-0.2, -0.15) is 0 Å². The predicted octanol–water partition coefficient (Wildman–Crippen LogP) is 0.986. The molecular formula is C14H15ClN2O5. The number of rotatable bonds is 6. The molecule has 0 aliphatic carbocycles. The Morgan fingerprint density at radius 2 is 1.68 bits per heavy atom. The van der Waals surface area contributed by atoms with Crippen LogP contribution in [0.4, 0.5) is 0 Å². The molecule has 0 aliphatic heterocycles. The normalized spacial score (nSPS) is 10.1. The number of hydrogen-bond acceptors (Lipinski definition) is 5. The van der Waals surface area contributed by atoms with E-state index in [1.807, 2.05) is 0 Å². The van der Waals surface area contributed by atoms with Crippen LogP contribution in [0.25, 0.3) is 0 Å². The highest BCUT2D eigenvalue weighted by atomic mass is 35.5. The van der Waals surface area contributed by atoms with Crippen LogP contribution >= 0.6 is 11.6 Å². The number of hydrogen-bond donors (Lipinski definition) is 2. The summed E-state index contributed by atoms with van der Waals surface area (Å²) in [6, 6.07) is 6.45. The monoisotopic (exact) mass is 326 g/mol. The summed E-state index contributed by atoms with van der Waals surface area (Å²) >= 11 is 5.71. The summed E-state index contributed by atoms with van der Waals surface area (Å²) in [4.78, 5) is 33.7. The van der Waals surface area contributed by atoms with E-state index >= 15 is 0 Å². The molecule has 0 atom stereocenters. The molecule has 0 unspecified atom stereocenters. The van der Waals surface area contributed by atoms with E-state index in [9.17, 15) is 14.4 Å². The highest BCUT2D eigenvalue weighted by Gasteiger charge is 2.07. The van der Waals surface area contributed by atoms with Crippen LogP contribution < -0.4 is 15.6 Å². The molecule has 0 aromatic heterocycles. The topological polar surface area (TPSA) is 93.7 Å². The summed E-state index contributed by atoms with van der Waals surface area (Å²) in [5.41, 5.74) is 4.21. The van der Waals surface area contributed by atoms with Crippen molar-refractivity contribution in [3.63, 3.8) is 0 Å². The third-order valence-electron chi connectivity index (χ3n) is 2.17. The van der Waals surface area contributed by atoms with Crippen molar-refractivity contribution in [1.82, 2.24) is 10.9 Å². The van der Waals surface area contributed by atoms with Gasteiger partial charge in [0.25, 0.3) is 11.8 Å². The van der Waals surface area contributed by atoms with E-state index in [0.29, 0.717) is 10.8 Å². The molecule has 0 heterocycles. The molecule has 22 heavy (non-hydrogen) atoms. The first kappa shape index (κ1) is 17.5. The standard InChI is InChI=1S/C14H15ClN2O5/c1-2-3-14(20)22-9-13(19)17-16-12(18)8-21-11-6-4-10(15)5-7-11/h2-7H,8-9H2,1H3,(H,16,18)(H,17,19)/b3-2+. The van der Waals surface area contributed by atoms with E-state index in [-0.39, 0.29) is 6.61 Å². The average molecular weight is 327 g/mol. The fourth-order valence-electron chi connectivity index (χ4n) is 1.21. The molecule has 0 radical (unpaired) electrons. The predicted molar refractivity (Wildman–Crippen MR) is 79.0 cm³/mol. The number of carbonyl (C=O) groups excluding carboxylic acids is 3. The van der Waals surface area contributed by atoms with Gasteiger partial charge in [-0.1, -0.05) is 17.7 Å². The number of nitrogens with one attached hydrogen (secondary N) is 2. The summed E-state index contributed by atoms with van der Waals surface area (Å²) in [7, 11) is 0. The smallest absolute Gasteiger partial charge is 0.330 e. The Morgan fingerprint density at radius 3 is 2.27 bits per heavy atom. The molecule has 7 nitrogen and oxygen atoms in total. The van der Waals surface area contributed by atoms with E-state index in [0.717, 1.165) is 0 Å². The third kappa shape index (κ3) is 7.30. The maximum Gasteiger partial charge on any atom is 0.330 e. The van der Waals surface area contributed by atoms with Crippen molar-refractivity contribution in [3.05, 3.63) is 41.4 Å². The molecule has 0 bridgehead atoms. The minimum atomic E-state index is -0.669. The molecule has 0 saturated carbocycles. The Labute approximate surface area is 132 Å². The highest BCUT2D eigenvalue weighted by Crippen LogP contribution is 2.15. The van der Waals surface area contributed by atoms with Gasteiger partial charge in [-0.15, -0.1) is 0 Å². The molecule has 0 saturated heterocycles. The van der Waals surface area contributed by atoms with Crippen molar-refractivity contribution in [3.8, 4) is 5.75 Å². The number of allylic oxidation sites excluding steroid dienone is 1. The Bertz CT molecular complexity index is 557. The molecule has 1 rings (SSSR count). The summed E-state index contributed by atoms with van der Waals surface area (Å²) < 4.78 is 9.75. The Kier molecular flexibility index (Phi) is 7.49. The van der Waals surface area contributed by atoms with Gasteiger partial charge in [0.05, 0.1) is 0 Å². The number of benzene rings is 1. The number of hydrazine groups is 1. The van der Waals surface area contributed by atoms with Crippen LogP contribution in [-0.2, 0) is 19.1 Å². The molecule has 1 aromatic rings. The van der Waals surface area contributed by atoms with E-state index in [1.165, 1.54) is 12.2 Å². The highest BCUT2D eigenvalue weighted by molar-refractivity contribution is 6.30. The average Bonchev–Trinajstić information content (AvgIpc) is 2.50. The maximum atomic E-state index is 11.4. The molecule has 8 heteroatoms. The van der Waals surface area contributed by atoms with Gasteiger partial charge in [0.2, 0.25) is 0 Å².